The Balaban J connectivity index is 1.37. The van der Waals surface area contributed by atoms with E-state index in [0.717, 1.165) is 180 Å². The topological polar surface area (TPSA) is 73.8 Å². The van der Waals surface area contributed by atoms with E-state index in [-0.39, 0.29) is 0 Å². The summed E-state index contributed by atoms with van der Waals surface area (Å²) in [6.45, 7) is 0. The third kappa shape index (κ3) is 9.04. The standard InChI is InChI=1S/C81H64O8/c1-82-57-33-17-49(18-34-57)69-71(51-21-37-59(84-3)38-22-51)75(55-29-45-63(88-7)46-30-55)79-77(73(69)53-25-41-61(86-5)42-26-53)78-74(54-27-43-62(87-6)44-28-54)70(50-19-35-58(83-2)36-20-50)72(52-23-39-60(85-4)40-24-52)76(56-31-47-64(89-8)48-32-56)80(78)81(79)67-15-11-9-13-65(67)66-14-10-12-16-68(66)81/h9-48H,1-8H3. The molecule has 8 nitrogen and oxygen atoms in total. The average molecular weight is 1170 g/mol. The highest BCUT2D eigenvalue weighted by Crippen LogP contribution is 2.73. The second kappa shape index (κ2) is 23.0. The van der Waals surface area contributed by atoms with Crippen molar-refractivity contribution in [3.05, 3.63) is 265 Å². The zero-order chi connectivity index (χ0) is 60.9. The van der Waals surface area contributed by atoms with Crippen LogP contribution in [0.1, 0.15) is 22.3 Å². The number of hydrogen-bond acceptors (Lipinski definition) is 8. The van der Waals surface area contributed by atoms with E-state index in [1.165, 1.54) is 0 Å². The van der Waals surface area contributed by atoms with Gasteiger partial charge >= 0.3 is 0 Å². The van der Waals surface area contributed by atoms with Crippen LogP contribution in [0, 0.1) is 0 Å². The minimum atomic E-state index is -1.08. The maximum atomic E-state index is 6.02. The lowest BCUT2D eigenvalue weighted by molar-refractivity contribution is 0.414. The highest BCUT2D eigenvalue weighted by atomic mass is 16.5. The summed E-state index contributed by atoms with van der Waals surface area (Å²) in [5.41, 5.74) is 24.1. The van der Waals surface area contributed by atoms with Crippen LogP contribution >= 0.6 is 0 Å². The van der Waals surface area contributed by atoms with Gasteiger partial charge in [0.05, 0.1) is 62.3 Å². The molecule has 14 rings (SSSR count). The van der Waals surface area contributed by atoms with Crippen LogP contribution in [-0.2, 0) is 5.41 Å². The minimum Gasteiger partial charge on any atom is -0.497 e. The molecule has 12 aromatic rings. The van der Waals surface area contributed by atoms with Gasteiger partial charge in [-0.1, -0.05) is 146 Å². The fourth-order valence-electron chi connectivity index (χ4n) is 14.0. The molecule has 0 aliphatic heterocycles. The van der Waals surface area contributed by atoms with Gasteiger partial charge in [0.25, 0.3) is 0 Å². The van der Waals surface area contributed by atoms with Gasteiger partial charge in [-0.3, -0.25) is 0 Å². The van der Waals surface area contributed by atoms with E-state index in [9.17, 15) is 0 Å². The smallest absolute Gasteiger partial charge is 0.118 e. The molecule has 436 valence electrons. The highest BCUT2D eigenvalue weighted by Gasteiger charge is 2.57. The first-order chi connectivity index (χ1) is 43.8. The van der Waals surface area contributed by atoms with Crippen LogP contribution in [0.5, 0.6) is 46.0 Å². The maximum absolute atomic E-state index is 6.02. The summed E-state index contributed by atoms with van der Waals surface area (Å²) in [6.07, 6.45) is 0. The van der Waals surface area contributed by atoms with Gasteiger partial charge in [0.15, 0.2) is 0 Å². The van der Waals surface area contributed by atoms with Crippen molar-refractivity contribution < 1.29 is 37.9 Å². The van der Waals surface area contributed by atoms with Crippen molar-refractivity contribution in [1.29, 1.82) is 0 Å². The third-order valence-corrected chi connectivity index (χ3v) is 18.0. The molecule has 0 saturated carbocycles. The predicted octanol–water partition coefficient (Wildman–Crippen LogP) is 19.4. The number of hydrogen-bond donors (Lipinski definition) is 0. The van der Waals surface area contributed by atoms with E-state index in [4.69, 9.17) is 37.9 Å². The lowest BCUT2D eigenvalue weighted by atomic mass is 9.64. The second-order valence-corrected chi connectivity index (χ2v) is 22.2. The Morgan fingerprint density at radius 2 is 0.348 bits per heavy atom. The van der Waals surface area contributed by atoms with Crippen LogP contribution in [0.4, 0.5) is 0 Å². The van der Waals surface area contributed by atoms with Gasteiger partial charge in [-0.2, -0.15) is 0 Å². The summed E-state index contributed by atoms with van der Waals surface area (Å²) in [6, 6.07) is 86.8. The molecule has 2 aliphatic carbocycles. The molecule has 0 fully saturated rings. The van der Waals surface area contributed by atoms with Gasteiger partial charge < -0.3 is 37.9 Å². The summed E-state index contributed by atoms with van der Waals surface area (Å²) in [5.74, 6) is 5.94. The number of benzene rings is 12. The highest BCUT2D eigenvalue weighted by molar-refractivity contribution is 6.21. The maximum Gasteiger partial charge on any atom is 0.118 e. The Morgan fingerprint density at radius 3 is 0.551 bits per heavy atom. The molecular formula is C81H64O8. The Kier molecular flexibility index (Phi) is 14.5. The van der Waals surface area contributed by atoms with Crippen molar-refractivity contribution in [2.24, 2.45) is 0 Å². The average Bonchev–Trinajstić information content (AvgIpc) is 1.48. The van der Waals surface area contributed by atoms with Gasteiger partial charge in [-0.15, -0.1) is 0 Å². The lowest BCUT2D eigenvalue weighted by Crippen LogP contribution is -2.28. The second-order valence-electron chi connectivity index (χ2n) is 22.2. The molecule has 89 heavy (non-hydrogen) atoms. The van der Waals surface area contributed by atoms with Gasteiger partial charge in [0.1, 0.15) is 46.0 Å². The first-order valence-corrected chi connectivity index (χ1v) is 29.6. The van der Waals surface area contributed by atoms with Crippen molar-refractivity contribution in [3.63, 3.8) is 0 Å². The monoisotopic (exact) mass is 1160 g/mol. The minimum absolute atomic E-state index is 0.740. The zero-order valence-electron chi connectivity index (χ0n) is 50.9. The fourth-order valence-corrected chi connectivity index (χ4v) is 14.0. The van der Waals surface area contributed by atoms with E-state index in [0.29, 0.717) is 0 Å². The Hall–Kier alpha value is -11.0. The van der Waals surface area contributed by atoms with E-state index in [2.05, 4.69) is 243 Å². The van der Waals surface area contributed by atoms with E-state index >= 15 is 0 Å². The summed E-state index contributed by atoms with van der Waals surface area (Å²) < 4.78 is 47.9. The van der Waals surface area contributed by atoms with E-state index < -0.39 is 5.41 Å². The molecule has 0 N–H and O–H groups in total. The molecule has 0 saturated heterocycles. The van der Waals surface area contributed by atoms with Gasteiger partial charge in [0, 0.05) is 0 Å². The molecule has 8 heteroatoms. The summed E-state index contributed by atoms with van der Waals surface area (Å²) in [5, 5.41) is 0. The molecule has 12 aromatic carbocycles. The summed E-state index contributed by atoms with van der Waals surface area (Å²) >= 11 is 0. The molecule has 0 aromatic heterocycles. The Bertz CT molecular complexity index is 4310. The number of rotatable bonds is 16. The molecule has 2 aliphatic rings. The quantitative estimate of drug-likeness (QED) is 0.0947. The lowest BCUT2D eigenvalue weighted by Gasteiger charge is -2.37. The van der Waals surface area contributed by atoms with E-state index in [1.807, 2.05) is 0 Å². The zero-order valence-corrected chi connectivity index (χ0v) is 50.9. The predicted molar refractivity (Wildman–Crippen MR) is 359 cm³/mol. The van der Waals surface area contributed by atoms with Crippen molar-refractivity contribution in [3.8, 4) is 157 Å². The first kappa shape index (κ1) is 55.9. The number of ether oxygens (including phenoxy) is 8. The molecule has 1 spiro atoms. The first-order valence-electron chi connectivity index (χ1n) is 29.6. The van der Waals surface area contributed by atoms with Crippen molar-refractivity contribution >= 4 is 0 Å². The molecular weight excluding hydrogens is 1100 g/mol. The van der Waals surface area contributed by atoms with Crippen LogP contribution in [0.2, 0.25) is 0 Å². The number of fused-ring (bicyclic) bond motifs is 10. The van der Waals surface area contributed by atoms with Crippen LogP contribution in [-0.4, -0.2) is 56.9 Å². The van der Waals surface area contributed by atoms with Crippen molar-refractivity contribution in [2.45, 2.75) is 5.41 Å². The van der Waals surface area contributed by atoms with Crippen LogP contribution < -0.4 is 37.9 Å². The molecule has 0 unspecified atom stereocenters. The molecule has 0 heterocycles. The Labute approximate surface area is 519 Å². The normalized spacial score (nSPS) is 12.1. The van der Waals surface area contributed by atoms with E-state index in [1.54, 1.807) is 56.9 Å². The van der Waals surface area contributed by atoms with Crippen LogP contribution in [0.15, 0.2) is 243 Å². The van der Waals surface area contributed by atoms with Gasteiger partial charge in [-0.05, 0) is 231 Å². The Morgan fingerprint density at radius 1 is 0.180 bits per heavy atom. The summed E-state index contributed by atoms with van der Waals surface area (Å²) in [4.78, 5) is 0. The van der Waals surface area contributed by atoms with Crippen molar-refractivity contribution in [2.75, 3.05) is 56.9 Å². The largest absolute Gasteiger partial charge is 0.497 e. The summed E-state index contributed by atoms with van der Waals surface area (Å²) in [7, 11) is 13.8. The molecule has 0 radical (unpaired) electrons. The molecule has 0 bridgehead atoms. The fraction of sp³-hybridized carbons (Fsp3) is 0.111. The van der Waals surface area contributed by atoms with Gasteiger partial charge in [0.2, 0.25) is 0 Å². The molecule has 0 atom stereocenters. The van der Waals surface area contributed by atoms with Crippen molar-refractivity contribution in [1.82, 2.24) is 0 Å². The molecule has 0 amide bonds. The van der Waals surface area contributed by atoms with Crippen LogP contribution in [0.3, 0.4) is 0 Å². The third-order valence-electron chi connectivity index (χ3n) is 18.0. The van der Waals surface area contributed by atoms with Gasteiger partial charge in [-0.25, -0.2) is 0 Å². The SMILES string of the molecule is COc1ccc(-c2c(-c3ccc(OC)cc3)c(-c3ccc(OC)cc3)c3c(c2-c2ccc(OC)cc2)-c2c(-c4ccc(OC)cc4)c(-c4ccc(OC)cc4)c(-c4ccc(OC)cc4)c(-c4ccc(OC)cc4)c2C32c3ccccc3-c3ccccc32)cc1. The van der Waals surface area contributed by atoms with Crippen LogP contribution in [0.25, 0.3) is 111 Å². The number of methoxy groups -OCH3 is 8.